The minimum atomic E-state index is -0.284. The van der Waals surface area contributed by atoms with Crippen molar-refractivity contribution in [2.75, 3.05) is 29.0 Å². The number of hydrogen-bond acceptors (Lipinski definition) is 6. The van der Waals surface area contributed by atoms with E-state index in [-0.39, 0.29) is 17.9 Å². The van der Waals surface area contributed by atoms with Gasteiger partial charge in [0, 0.05) is 25.6 Å². The Balaban J connectivity index is 1.52. The number of anilines is 4. The lowest BCUT2D eigenvalue weighted by Crippen LogP contribution is -2.45. The third-order valence-electron chi connectivity index (χ3n) is 6.47. The van der Waals surface area contributed by atoms with E-state index in [1.54, 1.807) is 6.20 Å². The number of halogens is 1. The lowest BCUT2D eigenvalue weighted by Gasteiger charge is -2.33. The zero-order chi connectivity index (χ0) is 24.1. The van der Waals surface area contributed by atoms with Gasteiger partial charge >= 0.3 is 0 Å². The topological polar surface area (TPSA) is 99.2 Å². The van der Waals surface area contributed by atoms with Gasteiger partial charge in [0.2, 0.25) is 17.8 Å². The fraction of sp³-hybridized carbons (Fsp3) is 0.440. The van der Waals surface area contributed by atoms with Crippen molar-refractivity contribution in [1.29, 1.82) is 0 Å². The van der Waals surface area contributed by atoms with Crippen molar-refractivity contribution in [2.24, 2.45) is 0 Å². The highest BCUT2D eigenvalue weighted by Gasteiger charge is 2.24. The van der Waals surface area contributed by atoms with Crippen LogP contribution >= 0.6 is 11.6 Å². The maximum Gasteiger partial charge on any atom is 0.247 e. The van der Waals surface area contributed by atoms with Crippen molar-refractivity contribution in [3.8, 4) is 0 Å². The lowest BCUT2D eigenvalue weighted by atomic mass is 9.80. The summed E-state index contributed by atoms with van der Waals surface area (Å²) in [4.78, 5) is 34.9. The predicted octanol–water partition coefficient (Wildman–Crippen LogP) is 5.08. The quantitative estimate of drug-likeness (QED) is 0.454. The van der Waals surface area contributed by atoms with Gasteiger partial charge in [-0.25, -0.2) is 4.98 Å². The number of carbonyl (C=O) groups is 2. The molecular formula is C25H31ClN6O2. The van der Waals surface area contributed by atoms with Crippen LogP contribution in [0.1, 0.15) is 56.9 Å². The minimum absolute atomic E-state index is 0.0717. The van der Waals surface area contributed by atoms with Gasteiger partial charge < -0.3 is 20.9 Å². The second kappa shape index (κ2) is 10.9. The van der Waals surface area contributed by atoms with E-state index < -0.39 is 0 Å². The monoisotopic (exact) mass is 482 g/mol. The average molecular weight is 483 g/mol. The van der Waals surface area contributed by atoms with Crippen LogP contribution in [0, 0.1) is 0 Å². The van der Waals surface area contributed by atoms with Crippen LogP contribution < -0.4 is 16.0 Å². The molecule has 0 radical (unpaired) electrons. The molecule has 3 N–H and O–H groups in total. The number of nitrogens with zero attached hydrogens (tertiary/aromatic N) is 3. The fourth-order valence-corrected chi connectivity index (χ4v) is 4.47. The van der Waals surface area contributed by atoms with E-state index in [9.17, 15) is 9.59 Å². The molecule has 1 aromatic heterocycles. The molecule has 8 nitrogen and oxygen atoms in total. The van der Waals surface area contributed by atoms with E-state index >= 15 is 0 Å². The van der Waals surface area contributed by atoms with E-state index in [4.69, 9.17) is 11.6 Å². The van der Waals surface area contributed by atoms with Gasteiger partial charge in [0.05, 0.1) is 17.6 Å². The van der Waals surface area contributed by atoms with Crippen LogP contribution in [0.5, 0.6) is 0 Å². The molecule has 9 heteroatoms. The zero-order valence-corrected chi connectivity index (χ0v) is 20.2. The molecule has 180 valence electrons. The Morgan fingerprint density at radius 1 is 1.24 bits per heavy atom. The molecule has 1 saturated carbocycles. The number of hydrogen-bond donors (Lipinski definition) is 3. The summed E-state index contributed by atoms with van der Waals surface area (Å²) in [6.07, 6.45) is 8.72. The van der Waals surface area contributed by atoms with E-state index in [2.05, 4.69) is 38.6 Å². The number of piperidine rings is 1. The normalized spacial score (nSPS) is 18.1. The van der Waals surface area contributed by atoms with Crippen LogP contribution in [-0.2, 0) is 9.59 Å². The molecule has 1 saturated heterocycles. The maximum atomic E-state index is 12.1. The standard InChI is InChI=1S/C25H31ClN6O2/c1-3-22(33)29-21-13-17(16-7-5-8-16)10-11-20(21)30-24-19(26)14-27-25(31-24)28-18-9-6-12-32(15-18)23(34)4-2/h3,10-11,13-14,16,18H,1,4-9,12,15H2,2H3,(H,29,33)(H2,27,28,30,31)/t18-/m0/s1. The third-order valence-corrected chi connectivity index (χ3v) is 6.75. The highest BCUT2D eigenvalue weighted by atomic mass is 35.5. The molecule has 1 atom stereocenters. The molecular weight excluding hydrogens is 452 g/mol. The molecule has 34 heavy (non-hydrogen) atoms. The number of nitrogens with one attached hydrogen (secondary N) is 3. The van der Waals surface area contributed by atoms with Gasteiger partial charge in [-0.2, -0.15) is 4.98 Å². The third kappa shape index (κ3) is 5.67. The highest BCUT2D eigenvalue weighted by Crippen LogP contribution is 2.39. The van der Waals surface area contributed by atoms with Crippen LogP contribution in [-0.4, -0.2) is 45.8 Å². The molecule has 0 spiro atoms. The van der Waals surface area contributed by atoms with Crippen LogP contribution in [0.2, 0.25) is 5.02 Å². The number of benzene rings is 1. The Kier molecular flexibility index (Phi) is 7.67. The number of carbonyl (C=O) groups excluding carboxylic acids is 2. The summed E-state index contributed by atoms with van der Waals surface area (Å²) >= 11 is 6.40. The fourth-order valence-electron chi connectivity index (χ4n) is 4.33. The van der Waals surface area contributed by atoms with E-state index in [0.717, 1.165) is 32.2 Å². The smallest absolute Gasteiger partial charge is 0.247 e. The zero-order valence-electron chi connectivity index (χ0n) is 19.4. The molecule has 2 aromatic rings. The number of likely N-dealkylation sites (tertiary alicyclic amines) is 1. The largest absolute Gasteiger partial charge is 0.350 e. The SMILES string of the molecule is C=CC(=O)Nc1cc(C2CCC2)ccc1Nc1nc(N[C@H]2CCCN(C(=O)CC)C2)ncc1Cl. The number of aromatic nitrogens is 2. The summed E-state index contributed by atoms with van der Waals surface area (Å²) < 4.78 is 0. The van der Waals surface area contributed by atoms with Gasteiger partial charge in [-0.05, 0) is 55.4 Å². The second-order valence-electron chi connectivity index (χ2n) is 8.82. The first-order chi connectivity index (χ1) is 16.5. The molecule has 4 rings (SSSR count). The Hall–Kier alpha value is -3.13. The molecule has 0 unspecified atom stereocenters. The molecule has 1 aromatic carbocycles. The second-order valence-corrected chi connectivity index (χ2v) is 9.23. The summed E-state index contributed by atoms with van der Waals surface area (Å²) in [7, 11) is 0. The molecule has 1 aliphatic carbocycles. The lowest BCUT2D eigenvalue weighted by molar-refractivity contribution is -0.131. The summed E-state index contributed by atoms with van der Waals surface area (Å²) in [6.45, 7) is 6.84. The Morgan fingerprint density at radius 3 is 2.76 bits per heavy atom. The molecule has 1 aliphatic heterocycles. The molecule has 2 aliphatic rings. The summed E-state index contributed by atoms with van der Waals surface area (Å²) in [5.41, 5.74) is 2.54. The Morgan fingerprint density at radius 2 is 2.06 bits per heavy atom. The number of rotatable bonds is 8. The van der Waals surface area contributed by atoms with Gasteiger partial charge in [-0.3, -0.25) is 9.59 Å². The summed E-state index contributed by atoms with van der Waals surface area (Å²) in [6, 6.07) is 6.09. The van der Waals surface area contributed by atoms with Crippen LogP contribution in [0.3, 0.4) is 0 Å². The first-order valence-corrected chi connectivity index (χ1v) is 12.3. The Labute approximate surface area is 205 Å². The highest BCUT2D eigenvalue weighted by molar-refractivity contribution is 6.33. The van der Waals surface area contributed by atoms with Gasteiger partial charge in [0.25, 0.3) is 0 Å². The molecule has 0 bridgehead atoms. The van der Waals surface area contributed by atoms with Gasteiger partial charge in [-0.15, -0.1) is 0 Å². The Bertz CT molecular complexity index is 1070. The van der Waals surface area contributed by atoms with Crippen molar-refractivity contribution < 1.29 is 9.59 Å². The van der Waals surface area contributed by atoms with E-state index in [1.807, 2.05) is 24.0 Å². The predicted molar refractivity (Wildman–Crippen MR) is 136 cm³/mol. The first-order valence-electron chi connectivity index (χ1n) is 11.9. The van der Waals surface area contributed by atoms with Crippen molar-refractivity contribution >= 4 is 46.6 Å². The van der Waals surface area contributed by atoms with Crippen molar-refractivity contribution in [1.82, 2.24) is 14.9 Å². The molecule has 2 fully saturated rings. The van der Waals surface area contributed by atoms with Gasteiger partial charge in [0.15, 0.2) is 5.82 Å². The molecule has 2 heterocycles. The maximum absolute atomic E-state index is 12.1. The molecule has 2 amide bonds. The van der Waals surface area contributed by atoms with E-state index in [1.165, 1.54) is 18.1 Å². The average Bonchev–Trinajstić information content (AvgIpc) is 2.81. The minimum Gasteiger partial charge on any atom is -0.350 e. The van der Waals surface area contributed by atoms with Gasteiger partial charge in [0.1, 0.15) is 5.02 Å². The van der Waals surface area contributed by atoms with Crippen LogP contribution in [0.25, 0.3) is 0 Å². The summed E-state index contributed by atoms with van der Waals surface area (Å²) in [5, 5.41) is 9.84. The van der Waals surface area contributed by atoms with Crippen molar-refractivity contribution in [2.45, 2.75) is 57.4 Å². The summed E-state index contributed by atoms with van der Waals surface area (Å²) in [5.74, 6) is 1.27. The van der Waals surface area contributed by atoms with Crippen molar-refractivity contribution in [3.63, 3.8) is 0 Å². The van der Waals surface area contributed by atoms with Crippen LogP contribution in [0.15, 0.2) is 37.1 Å². The van der Waals surface area contributed by atoms with Gasteiger partial charge in [-0.1, -0.05) is 37.6 Å². The number of amides is 2. The van der Waals surface area contributed by atoms with E-state index in [0.29, 0.717) is 47.0 Å². The van der Waals surface area contributed by atoms with Crippen molar-refractivity contribution in [3.05, 3.63) is 47.6 Å². The first kappa shape index (κ1) is 24.0. The van der Waals surface area contributed by atoms with Crippen LogP contribution in [0.4, 0.5) is 23.1 Å².